The lowest BCUT2D eigenvalue weighted by Gasteiger charge is -2.22. The summed E-state index contributed by atoms with van der Waals surface area (Å²) in [6.07, 6.45) is 4.08. The molecule has 1 amide bonds. The van der Waals surface area contributed by atoms with Crippen LogP contribution in [0.25, 0.3) is 11.0 Å². The van der Waals surface area contributed by atoms with Crippen LogP contribution in [0.2, 0.25) is 0 Å². The Balaban J connectivity index is 0.00000169. The Hall–Kier alpha value is -2.38. The average Bonchev–Trinajstić information content (AvgIpc) is 3.22. The Kier molecular flexibility index (Phi) is 4.82. The van der Waals surface area contributed by atoms with Crippen molar-refractivity contribution in [2.75, 3.05) is 18.4 Å². The lowest BCUT2D eigenvalue weighted by Crippen LogP contribution is -2.32. The van der Waals surface area contributed by atoms with Crippen LogP contribution in [0.3, 0.4) is 0 Å². The summed E-state index contributed by atoms with van der Waals surface area (Å²) in [6, 6.07) is 9.71. The second-order valence-electron chi connectivity index (χ2n) is 5.74. The number of imidazole rings is 1. The fraction of sp³-hybridized carbons (Fsp3) is 0.312. The first-order chi connectivity index (χ1) is 11.3. The van der Waals surface area contributed by atoms with Crippen LogP contribution >= 0.6 is 12.4 Å². The van der Waals surface area contributed by atoms with Gasteiger partial charge < -0.3 is 10.3 Å². The maximum absolute atomic E-state index is 12.3. The van der Waals surface area contributed by atoms with Gasteiger partial charge in [-0.05, 0) is 37.6 Å². The maximum atomic E-state index is 12.3. The smallest absolute Gasteiger partial charge is 0.278 e. The van der Waals surface area contributed by atoms with Gasteiger partial charge in [0.25, 0.3) is 5.91 Å². The molecule has 1 aliphatic rings. The highest BCUT2D eigenvalue weighted by molar-refractivity contribution is 6.02. The molecule has 1 atom stereocenters. The number of piperidine rings is 1. The highest BCUT2D eigenvalue weighted by Crippen LogP contribution is 2.17. The molecule has 0 spiro atoms. The Morgan fingerprint density at radius 1 is 1.29 bits per heavy atom. The summed E-state index contributed by atoms with van der Waals surface area (Å²) in [6.45, 7) is 1.95. The monoisotopic (exact) mass is 346 g/mol. The van der Waals surface area contributed by atoms with Crippen molar-refractivity contribution in [3.8, 4) is 0 Å². The molecule has 24 heavy (non-hydrogen) atoms. The van der Waals surface area contributed by atoms with Gasteiger partial charge in [0.15, 0.2) is 5.69 Å². The number of rotatable bonds is 3. The molecule has 3 aromatic rings. The van der Waals surface area contributed by atoms with Gasteiger partial charge >= 0.3 is 0 Å². The summed E-state index contributed by atoms with van der Waals surface area (Å²) >= 11 is 0. The van der Waals surface area contributed by atoms with Crippen LogP contribution in [0.1, 0.15) is 29.4 Å². The van der Waals surface area contributed by atoms with Gasteiger partial charge in [0.05, 0.1) is 17.1 Å². The van der Waals surface area contributed by atoms with E-state index in [0.29, 0.717) is 17.7 Å². The number of para-hydroxylation sites is 2. The maximum Gasteiger partial charge on any atom is 0.278 e. The number of fused-ring (bicyclic) bond motifs is 1. The number of anilines is 1. The summed E-state index contributed by atoms with van der Waals surface area (Å²) in [5, 5.41) is 10.5. The van der Waals surface area contributed by atoms with Gasteiger partial charge in [-0.2, -0.15) is 5.10 Å². The fourth-order valence-electron chi connectivity index (χ4n) is 2.91. The highest BCUT2D eigenvalue weighted by atomic mass is 35.5. The molecule has 2 aromatic heterocycles. The average molecular weight is 347 g/mol. The molecule has 0 radical (unpaired) electrons. The van der Waals surface area contributed by atoms with Crippen molar-refractivity contribution in [3.05, 3.63) is 42.2 Å². The number of carbonyl (C=O) groups is 1. The molecule has 7 nitrogen and oxygen atoms in total. The molecule has 1 fully saturated rings. The highest BCUT2D eigenvalue weighted by Gasteiger charge is 2.18. The SMILES string of the molecule is Cl.O=C(Nc1nc2ccccc2[nH]1)c1ccn(C2CCCNC2)n1. The Labute approximate surface area is 145 Å². The van der Waals surface area contributed by atoms with E-state index < -0.39 is 0 Å². The molecular weight excluding hydrogens is 328 g/mol. The zero-order valence-electron chi connectivity index (χ0n) is 13.0. The normalized spacial score (nSPS) is 17.4. The van der Waals surface area contributed by atoms with Gasteiger partial charge in [0.1, 0.15) is 0 Å². The van der Waals surface area contributed by atoms with Gasteiger partial charge in [-0.3, -0.25) is 14.8 Å². The number of amides is 1. The molecule has 1 unspecified atom stereocenters. The predicted molar refractivity (Wildman–Crippen MR) is 94.7 cm³/mol. The number of hydrogen-bond donors (Lipinski definition) is 3. The van der Waals surface area contributed by atoms with Crippen LogP contribution in [0.5, 0.6) is 0 Å². The molecule has 1 saturated heterocycles. The van der Waals surface area contributed by atoms with Crippen LogP contribution < -0.4 is 10.6 Å². The number of hydrogen-bond acceptors (Lipinski definition) is 4. The summed E-state index contributed by atoms with van der Waals surface area (Å²) in [7, 11) is 0. The number of carbonyl (C=O) groups excluding carboxylic acids is 1. The first-order valence-corrected chi connectivity index (χ1v) is 7.81. The quantitative estimate of drug-likeness (QED) is 0.679. The Morgan fingerprint density at radius 2 is 2.17 bits per heavy atom. The van der Waals surface area contributed by atoms with Crippen LogP contribution in [0, 0.1) is 0 Å². The van der Waals surface area contributed by atoms with E-state index in [1.165, 1.54) is 0 Å². The van der Waals surface area contributed by atoms with E-state index in [9.17, 15) is 4.79 Å². The minimum atomic E-state index is -0.258. The molecule has 3 N–H and O–H groups in total. The third-order valence-electron chi connectivity index (χ3n) is 4.11. The van der Waals surface area contributed by atoms with Gasteiger partial charge in [0, 0.05) is 12.7 Å². The van der Waals surface area contributed by atoms with Crippen LogP contribution in [0.15, 0.2) is 36.5 Å². The molecule has 0 saturated carbocycles. The van der Waals surface area contributed by atoms with Gasteiger partial charge in [0.2, 0.25) is 5.95 Å². The molecule has 8 heteroatoms. The lowest BCUT2D eigenvalue weighted by atomic mass is 10.1. The van der Waals surface area contributed by atoms with Crippen molar-refractivity contribution in [1.29, 1.82) is 0 Å². The van der Waals surface area contributed by atoms with Gasteiger partial charge in [-0.15, -0.1) is 12.4 Å². The van der Waals surface area contributed by atoms with E-state index in [1.807, 2.05) is 35.1 Å². The minimum absolute atomic E-state index is 0. The van der Waals surface area contributed by atoms with E-state index in [1.54, 1.807) is 6.07 Å². The molecule has 0 aliphatic carbocycles. The van der Waals surface area contributed by atoms with Crippen LogP contribution in [0.4, 0.5) is 5.95 Å². The summed E-state index contributed by atoms with van der Waals surface area (Å²) in [4.78, 5) is 19.7. The Bertz CT molecular complexity index is 803. The molecule has 1 aromatic carbocycles. The second kappa shape index (κ2) is 7.02. The number of aromatic amines is 1. The summed E-state index contributed by atoms with van der Waals surface area (Å²) in [5.41, 5.74) is 2.11. The molecular formula is C16H19ClN6O. The Morgan fingerprint density at radius 3 is 2.96 bits per heavy atom. The zero-order chi connectivity index (χ0) is 15.6. The topological polar surface area (TPSA) is 87.6 Å². The third kappa shape index (κ3) is 3.27. The number of nitrogens with zero attached hydrogens (tertiary/aromatic N) is 3. The van der Waals surface area contributed by atoms with E-state index in [2.05, 4.69) is 25.7 Å². The van der Waals surface area contributed by atoms with E-state index in [-0.39, 0.29) is 18.3 Å². The largest absolute Gasteiger partial charge is 0.324 e. The third-order valence-corrected chi connectivity index (χ3v) is 4.11. The zero-order valence-corrected chi connectivity index (χ0v) is 13.8. The number of benzene rings is 1. The van der Waals surface area contributed by atoms with Crippen molar-refractivity contribution in [2.24, 2.45) is 0 Å². The van der Waals surface area contributed by atoms with Gasteiger partial charge in [-0.1, -0.05) is 12.1 Å². The fourth-order valence-corrected chi connectivity index (χ4v) is 2.91. The predicted octanol–water partition coefficient (Wildman–Crippen LogP) is 2.36. The molecule has 4 rings (SSSR count). The molecule has 1 aliphatic heterocycles. The first kappa shape index (κ1) is 16.5. The van der Waals surface area contributed by atoms with Crippen molar-refractivity contribution in [3.63, 3.8) is 0 Å². The lowest BCUT2D eigenvalue weighted by molar-refractivity contribution is 0.102. The summed E-state index contributed by atoms with van der Waals surface area (Å²) in [5.74, 6) is 0.177. The van der Waals surface area contributed by atoms with Crippen molar-refractivity contribution >= 4 is 35.3 Å². The van der Waals surface area contributed by atoms with Crippen molar-refractivity contribution in [2.45, 2.75) is 18.9 Å². The first-order valence-electron chi connectivity index (χ1n) is 7.81. The number of halogens is 1. The standard InChI is InChI=1S/C16H18N6O.ClH/c23-15(20-16-18-12-5-1-2-6-13(12)19-16)14-7-9-22(21-14)11-4-3-8-17-10-11;/h1-2,5-7,9,11,17H,3-4,8,10H2,(H2,18,19,20,23);1H. The van der Waals surface area contributed by atoms with Crippen molar-refractivity contribution < 1.29 is 4.79 Å². The second-order valence-corrected chi connectivity index (χ2v) is 5.74. The summed E-state index contributed by atoms with van der Waals surface area (Å²) < 4.78 is 1.87. The van der Waals surface area contributed by atoms with Crippen LogP contribution in [-0.2, 0) is 0 Å². The van der Waals surface area contributed by atoms with Gasteiger partial charge in [-0.25, -0.2) is 4.98 Å². The minimum Gasteiger partial charge on any atom is -0.324 e. The van der Waals surface area contributed by atoms with Crippen LogP contribution in [-0.4, -0.2) is 38.7 Å². The molecule has 3 heterocycles. The molecule has 126 valence electrons. The van der Waals surface area contributed by atoms with Crippen molar-refractivity contribution in [1.82, 2.24) is 25.1 Å². The number of nitrogens with one attached hydrogen (secondary N) is 3. The molecule has 0 bridgehead atoms. The number of H-pyrrole nitrogens is 1. The van der Waals surface area contributed by atoms with E-state index >= 15 is 0 Å². The van der Waals surface area contributed by atoms with E-state index in [0.717, 1.165) is 37.0 Å². The van der Waals surface area contributed by atoms with E-state index in [4.69, 9.17) is 0 Å². The number of aromatic nitrogens is 4.